The summed E-state index contributed by atoms with van der Waals surface area (Å²) >= 11 is 0. The molecule has 8 nitrogen and oxygen atoms in total. The van der Waals surface area contributed by atoms with Crippen molar-refractivity contribution in [2.45, 2.75) is 32.9 Å². The van der Waals surface area contributed by atoms with E-state index < -0.39 is 5.60 Å². The van der Waals surface area contributed by atoms with Crippen molar-refractivity contribution < 1.29 is 19.1 Å². The first-order chi connectivity index (χ1) is 13.9. The number of carbonyl (C=O) groups excluding carboxylic acids is 1. The van der Waals surface area contributed by atoms with E-state index >= 15 is 0 Å². The number of benzene rings is 1. The standard InChI is InChI=1S/C21H30N4O4/c1-4-22-19(26)14-29-17-9-6-8-16(12-17)13-24-20(23-5-2)25-15-21(3,27)18-10-7-11-28-18/h6-12,27H,4-5,13-15H2,1-3H3,(H,22,26)(H2,23,24,25). The van der Waals surface area contributed by atoms with Gasteiger partial charge in [0, 0.05) is 13.1 Å². The minimum atomic E-state index is -1.16. The molecule has 1 aromatic carbocycles. The van der Waals surface area contributed by atoms with Crippen molar-refractivity contribution in [3.8, 4) is 5.75 Å². The van der Waals surface area contributed by atoms with Gasteiger partial charge in [-0.1, -0.05) is 12.1 Å². The Morgan fingerprint density at radius 1 is 1.17 bits per heavy atom. The van der Waals surface area contributed by atoms with Crippen LogP contribution in [-0.2, 0) is 16.9 Å². The fourth-order valence-corrected chi connectivity index (χ4v) is 2.57. The molecule has 1 heterocycles. The number of hydrogen-bond donors (Lipinski definition) is 4. The summed E-state index contributed by atoms with van der Waals surface area (Å²) in [6, 6.07) is 10.9. The fraction of sp³-hybridized carbons (Fsp3) is 0.429. The zero-order chi connectivity index (χ0) is 21.1. The summed E-state index contributed by atoms with van der Waals surface area (Å²) in [7, 11) is 0. The molecule has 0 saturated carbocycles. The first kappa shape index (κ1) is 22.3. The van der Waals surface area contributed by atoms with Gasteiger partial charge in [0.1, 0.15) is 17.1 Å². The van der Waals surface area contributed by atoms with E-state index in [1.165, 1.54) is 6.26 Å². The molecule has 1 aromatic heterocycles. The highest BCUT2D eigenvalue weighted by molar-refractivity contribution is 5.79. The number of ether oxygens (including phenoxy) is 1. The Hall–Kier alpha value is -3.00. The van der Waals surface area contributed by atoms with Gasteiger partial charge in [0.05, 0.1) is 19.4 Å². The van der Waals surface area contributed by atoms with E-state index in [4.69, 9.17) is 9.15 Å². The van der Waals surface area contributed by atoms with Crippen LogP contribution in [0.4, 0.5) is 0 Å². The van der Waals surface area contributed by atoms with Gasteiger partial charge in [0.2, 0.25) is 0 Å². The van der Waals surface area contributed by atoms with Gasteiger partial charge >= 0.3 is 0 Å². The summed E-state index contributed by atoms with van der Waals surface area (Å²) < 4.78 is 10.8. The number of nitrogens with one attached hydrogen (secondary N) is 3. The third-order valence-electron chi connectivity index (χ3n) is 4.06. The molecule has 0 spiro atoms. The van der Waals surface area contributed by atoms with Gasteiger partial charge in [0.15, 0.2) is 12.6 Å². The molecule has 8 heteroatoms. The molecule has 0 aliphatic carbocycles. The third-order valence-corrected chi connectivity index (χ3v) is 4.06. The molecule has 0 fully saturated rings. The van der Waals surface area contributed by atoms with Gasteiger partial charge < -0.3 is 30.2 Å². The van der Waals surface area contributed by atoms with E-state index in [1.54, 1.807) is 25.1 Å². The van der Waals surface area contributed by atoms with Crippen LogP contribution in [0.25, 0.3) is 0 Å². The molecule has 158 valence electrons. The Bertz CT molecular complexity index is 788. The zero-order valence-corrected chi connectivity index (χ0v) is 17.2. The molecule has 1 amide bonds. The Morgan fingerprint density at radius 3 is 2.66 bits per heavy atom. The topological polar surface area (TPSA) is 108 Å². The lowest BCUT2D eigenvalue weighted by Crippen LogP contribution is -2.44. The predicted molar refractivity (Wildman–Crippen MR) is 112 cm³/mol. The van der Waals surface area contributed by atoms with Gasteiger partial charge in [-0.3, -0.25) is 4.79 Å². The molecule has 1 atom stereocenters. The fourth-order valence-electron chi connectivity index (χ4n) is 2.57. The Balaban J connectivity index is 1.95. The first-order valence-electron chi connectivity index (χ1n) is 9.71. The number of likely N-dealkylation sites (N-methyl/N-ethyl adjacent to an activating group) is 1. The largest absolute Gasteiger partial charge is 0.484 e. The molecule has 2 rings (SSSR count). The normalized spacial score (nSPS) is 13.4. The second kappa shape index (κ2) is 11.1. The molecule has 2 aromatic rings. The summed E-state index contributed by atoms with van der Waals surface area (Å²) in [6.45, 7) is 7.40. The SMILES string of the molecule is CCNC(=O)COc1cccc(CN=C(NCC)NCC(C)(O)c2ccco2)c1. The zero-order valence-electron chi connectivity index (χ0n) is 17.2. The number of guanidine groups is 1. The van der Waals surface area contributed by atoms with Crippen LogP contribution in [0.3, 0.4) is 0 Å². The minimum absolute atomic E-state index is 0.0212. The number of aliphatic hydroxyl groups is 1. The molecule has 0 aliphatic rings. The van der Waals surface area contributed by atoms with E-state index in [0.717, 1.165) is 5.56 Å². The monoisotopic (exact) mass is 402 g/mol. The van der Waals surface area contributed by atoms with E-state index in [2.05, 4.69) is 20.9 Å². The molecule has 4 N–H and O–H groups in total. The van der Waals surface area contributed by atoms with Crippen molar-refractivity contribution in [2.75, 3.05) is 26.2 Å². The maximum absolute atomic E-state index is 11.5. The van der Waals surface area contributed by atoms with Crippen molar-refractivity contribution >= 4 is 11.9 Å². The maximum atomic E-state index is 11.5. The van der Waals surface area contributed by atoms with Crippen LogP contribution in [-0.4, -0.2) is 43.2 Å². The summed E-state index contributed by atoms with van der Waals surface area (Å²) in [4.78, 5) is 16.1. The van der Waals surface area contributed by atoms with Crippen LogP contribution >= 0.6 is 0 Å². The van der Waals surface area contributed by atoms with E-state index in [9.17, 15) is 9.90 Å². The average molecular weight is 402 g/mol. The first-order valence-corrected chi connectivity index (χ1v) is 9.71. The van der Waals surface area contributed by atoms with Gasteiger partial charge in [-0.05, 0) is 50.6 Å². The number of carbonyl (C=O) groups is 1. The average Bonchev–Trinajstić information content (AvgIpc) is 3.25. The third kappa shape index (κ3) is 7.50. The quantitative estimate of drug-likeness (QED) is 0.356. The summed E-state index contributed by atoms with van der Waals surface area (Å²) in [5.74, 6) is 1.52. The second-order valence-electron chi connectivity index (χ2n) is 6.69. The Morgan fingerprint density at radius 2 is 1.97 bits per heavy atom. The molecule has 0 radical (unpaired) electrons. The number of nitrogens with zero attached hydrogens (tertiary/aromatic N) is 1. The van der Waals surface area contributed by atoms with Crippen LogP contribution in [0.5, 0.6) is 5.75 Å². The predicted octanol–water partition coefficient (Wildman–Crippen LogP) is 1.76. The van der Waals surface area contributed by atoms with Gasteiger partial charge in [-0.2, -0.15) is 0 Å². The van der Waals surface area contributed by atoms with Crippen LogP contribution < -0.4 is 20.7 Å². The molecular weight excluding hydrogens is 372 g/mol. The smallest absolute Gasteiger partial charge is 0.257 e. The second-order valence-corrected chi connectivity index (χ2v) is 6.69. The van der Waals surface area contributed by atoms with Crippen molar-refractivity contribution in [3.05, 3.63) is 54.0 Å². The highest BCUT2D eigenvalue weighted by Gasteiger charge is 2.26. The van der Waals surface area contributed by atoms with Crippen molar-refractivity contribution in [1.82, 2.24) is 16.0 Å². The molecule has 29 heavy (non-hydrogen) atoms. The lowest BCUT2D eigenvalue weighted by molar-refractivity contribution is -0.122. The lowest BCUT2D eigenvalue weighted by Gasteiger charge is -2.22. The Labute approximate surface area is 171 Å². The molecule has 0 aliphatic heterocycles. The van der Waals surface area contributed by atoms with Crippen LogP contribution in [0.1, 0.15) is 32.1 Å². The van der Waals surface area contributed by atoms with E-state index in [1.807, 2.05) is 32.0 Å². The van der Waals surface area contributed by atoms with Crippen LogP contribution in [0.15, 0.2) is 52.1 Å². The number of hydrogen-bond acceptors (Lipinski definition) is 5. The van der Waals surface area contributed by atoms with E-state index in [0.29, 0.717) is 37.1 Å². The Kier molecular flexibility index (Phi) is 8.54. The van der Waals surface area contributed by atoms with Crippen molar-refractivity contribution in [2.24, 2.45) is 4.99 Å². The highest BCUT2D eigenvalue weighted by atomic mass is 16.5. The summed E-state index contributed by atoms with van der Waals surface area (Å²) in [5.41, 5.74) is -0.222. The number of amides is 1. The van der Waals surface area contributed by atoms with Gasteiger partial charge in [-0.25, -0.2) is 4.99 Å². The van der Waals surface area contributed by atoms with Gasteiger partial charge in [-0.15, -0.1) is 0 Å². The van der Waals surface area contributed by atoms with Crippen LogP contribution in [0, 0.1) is 0 Å². The molecule has 0 saturated heterocycles. The maximum Gasteiger partial charge on any atom is 0.257 e. The molecule has 0 bridgehead atoms. The lowest BCUT2D eigenvalue weighted by atomic mass is 10.0. The van der Waals surface area contributed by atoms with Crippen LogP contribution in [0.2, 0.25) is 0 Å². The summed E-state index contributed by atoms with van der Waals surface area (Å²) in [6.07, 6.45) is 1.53. The molecule has 1 unspecified atom stereocenters. The number of aliphatic imine (C=N–C) groups is 1. The van der Waals surface area contributed by atoms with Gasteiger partial charge in [0.25, 0.3) is 5.91 Å². The van der Waals surface area contributed by atoms with Crippen molar-refractivity contribution in [1.29, 1.82) is 0 Å². The highest BCUT2D eigenvalue weighted by Crippen LogP contribution is 2.19. The van der Waals surface area contributed by atoms with Crippen molar-refractivity contribution in [3.63, 3.8) is 0 Å². The summed E-state index contributed by atoms with van der Waals surface area (Å²) in [5, 5.41) is 19.5. The number of rotatable bonds is 10. The number of furan rings is 1. The van der Waals surface area contributed by atoms with E-state index in [-0.39, 0.29) is 19.1 Å². The molecular formula is C21H30N4O4. The minimum Gasteiger partial charge on any atom is -0.484 e.